The molecule has 0 aliphatic carbocycles. The van der Waals surface area contributed by atoms with E-state index in [-0.39, 0.29) is 12.5 Å². The van der Waals surface area contributed by atoms with Crippen molar-refractivity contribution in [2.45, 2.75) is 11.4 Å². The molecular weight excluding hydrogens is 382 g/mol. The van der Waals surface area contributed by atoms with E-state index in [4.69, 9.17) is 11.6 Å². The van der Waals surface area contributed by atoms with Crippen molar-refractivity contribution in [3.63, 3.8) is 0 Å². The van der Waals surface area contributed by atoms with Crippen molar-refractivity contribution in [1.82, 2.24) is 19.7 Å². The minimum Gasteiger partial charge on any atom is -0.323 e. The minimum atomic E-state index is -0.123. The van der Waals surface area contributed by atoms with E-state index in [2.05, 4.69) is 45.9 Å². The maximum absolute atomic E-state index is 12.5. The van der Waals surface area contributed by atoms with E-state index in [9.17, 15) is 4.79 Å². The summed E-state index contributed by atoms with van der Waals surface area (Å²) in [5, 5.41) is 7.57. The van der Waals surface area contributed by atoms with Gasteiger partial charge < -0.3 is 5.32 Å². The largest absolute Gasteiger partial charge is 0.323 e. The maximum atomic E-state index is 12.5. The van der Waals surface area contributed by atoms with E-state index in [0.717, 1.165) is 5.56 Å². The molecule has 0 fully saturated rings. The van der Waals surface area contributed by atoms with Crippen LogP contribution in [0.2, 0.25) is 5.02 Å². The Morgan fingerprint density at radius 3 is 2.70 bits per heavy atom. The number of thioether (sulfide) groups is 1. The fourth-order valence-electron chi connectivity index (χ4n) is 2.67. The van der Waals surface area contributed by atoms with E-state index >= 15 is 0 Å². The quantitative estimate of drug-likeness (QED) is 0.611. The van der Waals surface area contributed by atoms with Crippen molar-refractivity contribution in [3.8, 4) is 5.69 Å². The van der Waals surface area contributed by atoms with Crippen LogP contribution in [0.4, 0.5) is 5.69 Å². The monoisotopic (exact) mass is 401 g/mol. The van der Waals surface area contributed by atoms with Crippen molar-refractivity contribution in [3.05, 3.63) is 65.7 Å². The van der Waals surface area contributed by atoms with E-state index in [1.165, 1.54) is 11.2 Å². The van der Waals surface area contributed by atoms with Gasteiger partial charge in [0.15, 0.2) is 0 Å². The van der Waals surface area contributed by atoms with Crippen LogP contribution >= 0.6 is 23.4 Å². The number of carbonyl (C=O) groups is 1. The van der Waals surface area contributed by atoms with Gasteiger partial charge in [0.2, 0.25) is 5.91 Å². The summed E-state index contributed by atoms with van der Waals surface area (Å²) in [4.78, 5) is 19.6. The summed E-state index contributed by atoms with van der Waals surface area (Å²) in [5.74, 6) is -0.123. The Morgan fingerprint density at radius 1 is 1.26 bits per heavy atom. The molecule has 0 spiro atoms. The predicted molar refractivity (Wildman–Crippen MR) is 110 cm³/mol. The van der Waals surface area contributed by atoms with Crippen LogP contribution in [-0.4, -0.2) is 45.4 Å². The van der Waals surface area contributed by atoms with Gasteiger partial charge in [-0.3, -0.25) is 9.69 Å². The molecule has 0 aliphatic heterocycles. The average molecular weight is 402 g/mol. The fraction of sp³-hybridized carbons (Fsp3) is 0.211. The number of aromatic nitrogens is 3. The second kappa shape index (κ2) is 9.03. The van der Waals surface area contributed by atoms with E-state index in [0.29, 0.717) is 22.9 Å². The van der Waals surface area contributed by atoms with Crippen LogP contribution in [0.5, 0.6) is 0 Å². The molecule has 0 saturated carbocycles. The zero-order valence-corrected chi connectivity index (χ0v) is 16.7. The maximum Gasteiger partial charge on any atom is 0.238 e. The lowest BCUT2D eigenvalue weighted by molar-refractivity contribution is -0.117. The molecule has 1 amide bonds. The van der Waals surface area contributed by atoms with E-state index in [1.54, 1.807) is 41.0 Å². The van der Waals surface area contributed by atoms with Gasteiger partial charge in [-0.05, 0) is 49.2 Å². The molecule has 1 heterocycles. The molecule has 0 aliphatic rings. The SMILES string of the molecule is CSc1ccc(CN(C)CC(=O)Nc2cc(Cl)ccc2-n2cncn2)cc1. The third kappa shape index (κ3) is 5.32. The molecule has 8 heteroatoms. The molecule has 3 aromatic rings. The number of halogens is 1. The minimum absolute atomic E-state index is 0.123. The number of likely N-dealkylation sites (N-methyl/N-ethyl adjacent to an activating group) is 1. The van der Waals surface area contributed by atoms with Crippen LogP contribution in [0.25, 0.3) is 5.69 Å². The van der Waals surface area contributed by atoms with Crippen molar-refractivity contribution >= 4 is 35.0 Å². The second-order valence-corrected chi connectivity index (χ2v) is 7.39. The zero-order valence-electron chi connectivity index (χ0n) is 15.1. The number of anilines is 1. The van der Waals surface area contributed by atoms with Gasteiger partial charge in [0.1, 0.15) is 12.7 Å². The molecule has 2 aromatic carbocycles. The summed E-state index contributed by atoms with van der Waals surface area (Å²) >= 11 is 7.80. The molecular formula is C19H20ClN5OS. The average Bonchev–Trinajstić information content (AvgIpc) is 3.16. The Morgan fingerprint density at radius 2 is 2.04 bits per heavy atom. The summed E-state index contributed by atoms with van der Waals surface area (Å²) in [6.07, 6.45) is 5.06. The van der Waals surface area contributed by atoms with Crippen LogP contribution in [0, 0.1) is 0 Å². The first kappa shape index (κ1) is 19.4. The molecule has 1 aromatic heterocycles. The molecule has 3 rings (SSSR count). The number of nitrogens with zero attached hydrogens (tertiary/aromatic N) is 4. The van der Waals surface area contributed by atoms with Crippen molar-refractivity contribution in [2.24, 2.45) is 0 Å². The highest BCUT2D eigenvalue weighted by atomic mass is 35.5. The third-order valence-electron chi connectivity index (χ3n) is 3.92. The number of carbonyl (C=O) groups excluding carboxylic acids is 1. The third-order valence-corrected chi connectivity index (χ3v) is 4.90. The normalized spacial score (nSPS) is 11.0. The zero-order chi connectivity index (χ0) is 19.2. The standard InChI is InChI=1S/C19H20ClN5OS/c1-24(10-14-3-6-16(27-2)7-4-14)11-19(26)23-17-9-15(20)5-8-18(17)25-13-21-12-22-25/h3-9,12-13H,10-11H2,1-2H3,(H,23,26). The van der Waals surface area contributed by atoms with Gasteiger partial charge in [0.05, 0.1) is 17.9 Å². The van der Waals surface area contributed by atoms with Crippen molar-refractivity contribution in [1.29, 1.82) is 0 Å². The van der Waals surface area contributed by atoms with Crippen molar-refractivity contribution < 1.29 is 4.79 Å². The summed E-state index contributed by atoms with van der Waals surface area (Å²) < 4.78 is 1.59. The first-order valence-electron chi connectivity index (χ1n) is 8.31. The first-order valence-corrected chi connectivity index (χ1v) is 9.91. The van der Waals surface area contributed by atoms with Crippen LogP contribution in [0.15, 0.2) is 60.0 Å². The Kier molecular flexibility index (Phi) is 6.49. The lowest BCUT2D eigenvalue weighted by Crippen LogP contribution is -2.30. The molecule has 0 saturated heterocycles. The summed E-state index contributed by atoms with van der Waals surface area (Å²) in [7, 11) is 1.92. The molecule has 0 unspecified atom stereocenters. The number of nitrogens with one attached hydrogen (secondary N) is 1. The number of benzene rings is 2. The highest BCUT2D eigenvalue weighted by Crippen LogP contribution is 2.24. The fourth-order valence-corrected chi connectivity index (χ4v) is 3.25. The van der Waals surface area contributed by atoms with Gasteiger partial charge in [-0.15, -0.1) is 11.8 Å². The number of amides is 1. The van der Waals surface area contributed by atoms with Gasteiger partial charge in [-0.1, -0.05) is 23.7 Å². The van der Waals surface area contributed by atoms with Gasteiger partial charge in [-0.25, -0.2) is 9.67 Å². The number of rotatable bonds is 7. The lowest BCUT2D eigenvalue weighted by Gasteiger charge is -2.17. The highest BCUT2D eigenvalue weighted by molar-refractivity contribution is 7.98. The van der Waals surface area contributed by atoms with Gasteiger partial charge >= 0.3 is 0 Å². The molecule has 27 heavy (non-hydrogen) atoms. The van der Waals surface area contributed by atoms with Gasteiger partial charge in [0.25, 0.3) is 0 Å². The lowest BCUT2D eigenvalue weighted by atomic mass is 10.2. The van der Waals surface area contributed by atoms with Gasteiger partial charge in [0, 0.05) is 16.5 Å². The van der Waals surface area contributed by atoms with Crippen molar-refractivity contribution in [2.75, 3.05) is 25.2 Å². The Labute approximate surface area is 167 Å². The topological polar surface area (TPSA) is 63.1 Å². The van der Waals surface area contributed by atoms with E-state index < -0.39 is 0 Å². The Balaban J connectivity index is 1.64. The van der Waals surface area contributed by atoms with Crippen LogP contribution in [0.3, 0.4) is 0 Å². The summed E-state index contributed by atoms with van der Waals surface area (Å²) in [6.45, 7) is 0.946. The summed E-state index contributed by atoms with van der Waals surface area (Å²) in [6, 6.07) is 13.6. The number of hydrogen-bond donors (Lipinski definition) is 1. The smallest absolute Gasteiger partial charge is 0.238 e. The molecule has 140 valence electrons. The molecule has 6 nitrogen and oxygen atoms in total. The first-order chi connectivity index (χ1) is 13.0. The van der Waals surface area contributed by atoms with Crippen LogP contribution in [0.1, 0.15) is 5.56 Å². The van der Waals surface area contributed by atoms with Crippen LogP contribution in [-0.2, 0) is 11.3 Å². The molecule has 0 radical (unpaired) electrons. The number of hydrogen-bond acceptors (Lipinski definition) is 5. The highest BCUT2D eigenvalue weighted by Gasteiger charge is 2.12. The van der Waals surface area contributed by atoms with E-state index in [1.807, 2.05) is 11.9 Å². The summed E-state index contributed by atoms with van der Waals surface area (Å²) in [5.41, 5.74) is 2.46. The molecule has 0 bridgehead atoms. The Hall–Kier alpha value is -2.35. The second-order valence-electron chi connectivity index (χ2n) is 6.07. The molecule has 1 N–H and O–H groups in total. The molecule has 0 atom stereocenters. The predicted octanol–water partition coefficient (Wildman–Crippen LogP) is 3.71. The Bertz CT molecular complexity index is 899. The van der Waals surface area contributed by atoms with Gasteiger partial charge in [-0.2, -0.15) is 5.10 Å². The van der Waals surface area contributed by atoms with Crippen LogP contribution < -0.4 is 5.32 Å².